The minimum absolute atomic E-state index is 0.244. The van der Waals surface area contributed by atoms with Gasteiger partial charge in [-0.1, -0.05) is 17.7 Å². The van der Waals surface area contributed by atoms with Gasteiger partial charge in [-0.05, 0) is 32.4 Å². The minimum atomic E-state index is -0.559. The molecule has 1 atom stereocenters. The molecule has 0 aliphatic heterocycles. The van der Waals surface area contributed by atoms with Crippen LogP contribution < -0.4 is 5.32 Å². The van der Waals surface area contributed by atoms with E-state index in [-0.39, 0.29) is 5.91 Å². The van der Waals surface area contributed by atoms with Crippen LogP contribution in [0.4, 0.5) is 0 Å². The van der Waals surface area contributed by atoms with Gasteiger partial charge in [-0.25, -0.2) is 0 Å². The van der Waals surface area contributed by atoms with Gasteiger partial charge in [0, 0.05) is 23.7 Å². The van der Waals surface area contributed by atoms with E-state index in [1.165, 1.54) is 12.4 Å². The summed E-state index contributed by atoms with van der Waals surface area (Å²) in [4.78, 5) is 20.5. The molecule has 0 saturated heterocycles. The van der Waals surface area contributed by atoms with E-state index >= 15 is 0 Å². The first-order valence-corrected chi connectivity index (χ1v) is 7.30. The molecular formula is C16H18ClN3O2. The molecule has 0 aliphatic carbocycles. The molecule has 2 rings (SSSR count). The number of aryl methyl sites for hydroxylation is 1. The molecule has 0 spiro atoms. The van der Waals surface area contributed by atoms with Crippen molar-refractivity contribution in [3.63, 3.8) is 0 Å². The van der Waals surface area contributed by atoms with Gasteiger partial charge in [0.1, 0.15) is 0 Å². The second-order valence-electron chi connectivity index (χ2n) is 5.13. The summed E-state index contributed by atoms with van der Waals surface area (Å²) >= 11 is 5.96. The molecule has 0 unspecified atom stereocenters. The van der Waals surface area contributed by atoms with Crippen molar-refractivity contribution in [2.45, 2.75) is 33.4 Å². The van der Waals surface area contributed by atoms with Crippen LogP contribution >= 0.6 is 11.6 Å². The monoisotopic (exact) mass is 319 g/mol. The van der Waals surface area contributed by atoms with Gasteiger partial charge in [0.2, 0.25) is 0 Å². The fraction of sp³-hybridized carbons (Fsp3) is 0.312. The highest BCUT2D eigenvalue weighted by atomic mass is 35.5. The molecule has 2 aromatic rings. The van der Waals surface area contributed by atoms with Gasteiger partial charge in [0.15, 0.2) is 0 Å². The van der Waals surface area contributed by atoms with Gasteiger partial charge in [0.05, 0.1) is 28.9 Å². The molecule has 1 amide bonds. The average Bonchev–Trinajstić information content (AvgIpc) is 2.47. The number of rotatable bonds is 4. The molecule has 0 fully saturated rings. The van der Waals surface area contributed by atoms with Crippen LogP contribution in [0.5, 0.6) is 0 Å². The molecule has 116 valence electrons. The minimum Gasteiger partial charge on any atom is -0.389 e. The van der Waals surface area contributed by atoms with E-state index in [2.05, 4.69) is 15.3 Å². The SMILES string of the molecule is Cc1nc(CNC(=O)c2cncc(Cl)c2C)ccc1[C@H](C)O. The fourth-order valence-corrected chi connectivity index (χ4v) is 2.32. The van der Waals surface area contributed by atoms with Crippen molar-refractivity contribution in [2.75, 3.05) is 0 Å². The first-order chi connectivity index (χ1) is 10.4. The number of hydrogen-bond acceptors (Lipinski definition) is 4. The maximum absolute atomic E-state index is 12.2. The number of nitrogens with one attached hydrogen (secondary N) is 1. The lowest BCUT2D eigenvalue weighted by atomic mass is 10.1. The van der Waals surface area contributed by atoms with Crippen molar-refractivity contribution in [2.24, 2.45) is 0 Å². The van der Waals surface area contributed by atoms with Crippen molar-refractivity contribution < 1.29 is 9.90 Å². The second-order valence-corrected chi connectivity index (χ2v) is 5.54. The molecule has 0 aromatic carbocycles. The summed E-state index contributed by atoms with van der Waals surface area (Å²) in [6.45, 7) is 5.60. The Morgan fingerprint density at radius 2 is 2.09 bits per heavy atom. The number of carbonyl (C=O) groups is 1. The normalized spacial score (nSPS) is 12.0. The first kappa shape index (κ1) is 16.4. The van der Waals surface area contributed by atoms with Gasteiger partial charge in [-0.15, -0.1) is 0 Å². The third-order valence-electron chi connectivity index (χ3n) is 3.46. The Hall–Kier alpha value is -1.98. The predicted molar refractivity (Wildman–Crippen MR) is 84.8 cm³/mol. The third-order valence-corrected chi connectivity index (χ3v) is 3.84. The number of aliphatic hydroxyl groups is 1. The lowest BCUT2D eigenvalue weighted by Gasteiger charge is -2.11. The summed E-state index contributed by atoms with van der Waals surface area (Å²) in [5, 5.41) is 12.8. The molecule has 0 aliphatic rings. The number of nitrogens with zero attached hydrogens (tertiary/aromatic N) is 2. The summed E-state index contributed by atoms with van der Waals surface area (Å²) < 4.78 is 0. The molecular weight excluding hydrogens is 302 g/mol. The molecule has 0 radical (unpaired) electrons. The number of pyridine rings is 2. The quantitative estimate of drug-likeness (QED) is 0.908. The van der Waals surface area contributed by atoms with Crippen LogP contribution in [0.15, 0.2) is 24.5 Å². The maximum Gasteiger partial charge on any atom is 0.253 e. The van der Waals surface area contributed by atoms with Crippen LogP contribution in [0.1, 0.15) is 45.9 Å². The summed E-state index contributed by atoms with van der Waals surface area (Å²) in [6, 6.07) is 3.61. The number of aromatic nitrogens is 2. The molecule has 5 nitrogen and oxygen atoms in total. The van der Waals surface area contributed by atoms with E-state index in [1.54, 1.807) is 19.9 Å². The van der Waals surface area contributed by atoms with Crippen molar-refractivity contribution in [1.82, 2.24) is 15.3 Å². The smallest absolute Gasteiger partial charge is 0.253 e. The zero-order valence-electron chi connectivity index (χ0n) is 12.7. The Bertz CT molecular complexity index is 702. The van der Waals surface area contributed by atoms with Crippen molar-refractivity contribution in [1.29, 1.82) is 0 Å². The van der Waals surface area contributed by atoms with Crippen LogP contribution in [0.25, 0.3) is 0 Å². The Balaban J connectivity index is 2.08. The summed E-state index contributed by atoms with van der Waals surface area (Å²) in [7, 11) is 0. The van der Waals surface area contributed by atoms with Crippen LogP contribution in [0.2, 0.25) is 5.02 Å². The number of halogens is 1. The van der Waals surface area contributed by atoms with Gasteiger partial charge in [-0.2, -0.15) is 0 Å². The summed E-state index contributed by atoms with van der Waals surface area (Å²) in [6.07, 6.45) is 2.44. The number of carbonyl (C=O) groups excluding carboxylic acids is 1. The largest absolute Gasteiger partial charge is 0.389 e. The zero-order valence-corrected chi connectivity index (χ0v) is 13.5. The Morgan fingerprint density at radius 3 is 2.73 bits per heavy atom. The van der Waals surface area contributed by atoms with Gasteiger partial charge in [-0.3, -0.25) is 14.8 Å². The second kappa shape index (κ2) is 6.85. The molecule has 0 saturated carbocycles. The van der Waals surface area contributed by atoms with E-state index in [4.69, 9.17) is 11.6 Å². The van der Waals surface area contributed by atoms with Crippen molar-refractivity contribution in [3.05, 3.63) is 57.6 Å². The third kappa shape index (κ3) is 3.61. The highest BCUT2D eigenvalue weighted by Gasteiger charge is 2.12. The van der Waals surface area contributed by atoms with E-state index in [0.717, 1.165) is 17.0 Å². The lowest BCUT2D eigenvalue weighted by Crippen LogP contribution is -2.24. The maximum atomic E-state index is 12.2. The first-order valence-electron chi connectivity index (χ1n) is 6.93. The Labute approximate surface area is 134 Å². The van der Waals surface area contributed by atoms with Crippen molar-refractivity contribution in [3.8, 4) is 0 Å². The summed E-state index contributed by atoms with van der Waals surface area (Å²) in [5.74, 6) is -0.244. The van der Waals surface area contributed by atoms with Crippen molar-refractivity contribution >= 4 is 17.5 Å². The lowest BCUT2D eigenvalue weighted by molar-refractivity contribution is 0.0949. The number of hydrogen-bond donors (Lipinski definition) is 2. The predicted octanol–water partition coefficient (Wildman–Crippen LogP) is 2.73. The highest BCUT2D eigenvalue weighted by Crippen LogP contribution is 2.18. The topological polar surface area (TPSA) is 75.1 Å². The van der Waals surface area contributed by atoms with Gasteiger partial charge >= 0.3 is 0 Å². The fourth-order valence-electron chi connectivity index (χ4n) is 2.16. The van der Waals surface area contributed by atoms with Crippen LogP contribution in [0.3, 0.4) is 0 Å². The van der Waals surface area contributed by atoms with Crippen LogP contribution in [-0.4, -0.2) is 21.0 Å². The number of amides is 1. The summed E-state index contributed by atoms with van der Waals surface area (Å²) in [5.41, 5.74) is 3.41. The van der Waals surface area contributed by atoms with Crippen LogP contribution in [0, 0.1) is 13.8 Å². The standard InChI is InChI=1S/C16H18ClN3O2/c1-9-14(7-18-8-15(9)17)16(22)19-6-12-4-5-13(11(3)21)10(2)20-12/h4-5,7-8,11,21H,6H2,1-3H3,(H,19,22)/t11-/m0/s1. The Kier molecular flexibility index (Phi) is 5.11. The van der Waals surface area contributed by atoms with E-state index in [0.29, 0.717) is 22.7 Å². The van der Waals surface area contributed by atoms with Crippen LogP contribution in [-0.2, 0) is 6.54 Å². The van der Waals surface area contributed by atoms with E-state index in [9.17, 15) is 9.90 Å². The van der Waals surface area contributed by atoms with E-state index in [1.807, 2.05) is 13.0 Å². The molecule has 0 bridgehead atoms. The molecule has 2 heterocycles. The highest BCUT2D eigenvalue weighted by molar-refractivity contribution is 6.31. The van der Waals surface area contributed by atoms with E-state index < -0.39 is 6.10 Å². The molecule has 2 aromatic heterocycles. The van der Waals surface area contributed by atoms with Gasteiger partial charge in [0.25, 0.3) is 5.91 Å². The Morgan fingerprint density at radius 1 is 1.36 bits per heavy atom. The zero-order chi connectivity index (χ0) is 16.3. The van der Waals surface area contributed by atoms with Gasteiger partial charge < -0.3 is 10.4 Å². The average molecular weight is 320 g/mol. The molecule has 22 heavy (non-hydrogen) atoms. The molecule has 2 N–H and O–H groups in total. The molecule has 6 heteroatoms. The number of aliphatic hydroxyl groups excluding tert-OH is 1.